The molecule has 0 atom stereocenters. The number of aromatic nitrogens is 1. The quantitative estimate of drug-likeness (QED) is 0.620. The molecule has 0 unspecified atom stereocenters. The summed E-state index contributed by atoms with van der Waals surface area (Å²) in [6, 6.07) is 4.20. The van der Waals surface area contributed by atoms with Crippen molar-refractivity contribution >= 4 is 17.7 Å². The van der Waals surface area contributed by atoms with Gasteiger partial charge in [0.15, 0.2) is 0 Å². The maximum absolute atomic E-state index is 12.1. The van der Waals surface area contributed by atoms with E-state index in [9.17, 15) is 10.1 Å². The van der Waals surface area contributed by atoms with Gasteiger partial charge in [-0.1, -0.05) is 23.4 Å². The Balaban J connectivity index is 1.50. The van der Waals surface area contributed by atoms with Crippen molar-refractivity contribution in [2.45, 2.75) is 62.8 Å². The largest absolute Gasteiger partial charge is 0.355 e. The Kier molecular flexibility index (Phi) is 6.52. The van der Waals surface area contributed by atoms with E-state index in [4.69, 9.17) is 0 Å². The van der Waals surface area contributed by atoms with Crippen LogP contribution in [0, 0.1) is 11.3 Å². The summed E-state index contributed by atoms with van der Waals surface area (Å²) in [5.74, 6) is 0.337. The van der Waals surface area contributed by atoms with Gasteiger partial charge in [-0.05, 0) is 69.4 Å². The fourth-order valence-electron chi connectivity index (χ4n) is 3.48. The highest BCUT2D eigenvalue weighted by Crippen LogP contribution is 2.27. The molecule has 132 valence electrons. The predicted molar refractivity (Wildman–Crippen MR) is 100 cm³/mol. The first kappa shape index (κ1) is 18.0. The highest BCUT2D eigenvalue weighted by Gasteiger charge is 2.16. The lowest BCUT2D eigenvalue weighted by Gasteiger charge is -2.16. The van der Waals surface area contributed by atoms with Gasteiger partial charge in [0.05, 0.1) is 11.3 Å². The summed E-state index contributed by atoms with van der Waals surface area (Å²) in [7, 11) is 0. The number of rotatable bonds is 6. The average molecular weight is 356 g/mol. The van der Waals surface area contributed by atoms with Crippen LogP contribution in [0.5, 0.6) is 0 Å². The number of carbonyl (C=O) groups is 1. The fourth-order valence-corrected chi connectivity index (χ4v) is 4.29. The summed E-state index contributed by atoms with van der Waals surface area (Å²) < 4.78 is 0. The SMILES string of the molecule is N#Cc1cc2c(nc1SCC(=O)NCCC1=CCCCC1)CCCC2. The number of amides is 1. The first-order valence-electron chi connectivity index (χ1n) is 9.26. The molecule has 1 aromatic rings. The number of nitrogens with zero attached hydrogens (tertiary/aromatic N) is 2. The van der Waals surface area contributed by atoms with Crippen LogP contribution in [-0.2, 0) is 17.6 Å². The number of pyridine rings is 1. The second kappa shape index (κ2) is 9.05. The van der Waals surface area contributed by atoms with E-state index in [0.29, 0.717) is 22.9 Å². The Hall–Kier alpha value is -1.80. The minimum atomic E-state index is 0.0184. The molecule has 3 rings (SSSR count). The molecule has 0 saturated carbocycles. The summed E-state index contributed by atoms with van der Waals surface area (Å²) >= 11 is 1.38. The Morgan fingerprint density at radius 1 is 1.24 bits per heavy atom. The van der Waals surface area contributed by atoms with Crippen LogP contribution in [0.1, 0.15) is 61.8 Å². The molecule has 0 aliphatic heterocycles. The van der Waals surface area contributed by atoms with Crippen molar-refractivity contribution in [1.82, 2.24) is 10.3 Å². The first-order chi connectivity index (χ1) is 12.3. The average Bonchev–Trinajstić information content (AvgIpc) is 2.66. The fraction of sp³-hybridized carbons (Fsp3) is 0.550. The zero-order valence-electron chi connectivity index (χ0n) is 14.6. The van der Waals surface area contributed by atoms with Crippen molar-refractivity contribution in [2.24, 2.45) is 0 Å². The maximum Gasteiger partial charge on any atom is 0.230 e. The maximum atomic E-state index is 12.1. The highest BCUT2D eigenvalue weighted by atomic mass is 32.2. The van der Waals surface area contributed by atoms with Gasteiger partial charge < -0.3 is 5.32 Å². The van der Waals surface area contributed by atoms with Crippen LogP contribution in [0.4, 0.5) is 0 Å². The van der Waals surface area contributed by atoms with Gasteiger partial charge >= 0.3 is 0 Å². The Labute approximate surface area is 154 Å². The molecule has 0 fully saturated rings. The number of nitrogens with one attached hydrogen (secondary N) is 1. The van der Waals surface area contributed by atoms with E-state index in [1.807, 2.05) is 6.07 Å². The number of thioether (sulfide) groups is 1. The second-order valence-electron chi connectivity index (χ2n) is 6.76. The number of carbonyl (C=O) groups excluding carboxylic acids is 1. The molecule has 0 radical (unpaired) electrons. The van der Waals surface area contributed by atoms with Gasteiger partial charge in [-0.3, -0.25) is 4.79 Å². The molecule has 2 aliphatic rings. The smallest absolute Gasteiger partial charge is 0.230 e. The zero-order chi connectivity index (χ0) is 17.5. The van der Waals surface area contributed by atoms with Crippen molar-refractivity contribution in [1.29, 1.82) is 5.26 Å². The van der Waals surface area contributed by atoms with Crippen LogP contribution < -0.4 is 5.32 Å². The number of allylic oxidation sites excluding steroid dienone is 1. The van der Waals surface area contributed by atoms with Crippen molar-refractivity contribution in [3.8, 4) is 6.07 Å². The number of nitriles is 1. The topological polar surface area (TPSA) is 65.8 Å². The Morgan fingerprint density at radius 3 is 2.88 bits per heavy atom. The van der Waals surface area contributed by atoms with Gasteiger partial charge in [-0.15, -0.1) is 0 Å². The molecule has 1 aromatic heterocycles. The van der Waals surface area contributed by atoms with Crippen LogP contribution in [0.3, 0.4) is 0 Å². The highest BCUT2D eigenvalue weighted by molar-refractivity contribution is 8.00. The number of fused-ring (bicyclic) bond motifs is 1. The molecular formula is C20H25N3OS. The lowest BCUT2D eigenvalue weighted by molar-refractivity contribution is -0.118. The molecule has 1 amide bonds. The van der Waals surface area contributed by atoms with Crippen LogP contribution >= 0.6 is 11.8 Å². The van der Waals surface area contributed by atoms with Crippen LogP contribution in [0.2, 0.25) is 0 Å². The molecule has 5 heteroatoms. The molecule has 0 saturated heterocycles. The van der Waals surface area contributed by atoms with E-state index < -0.39 is 0 Å². The number of aryl methyl sites for hydroxylation is 2. The van der Waals surface area contributed by atoms with Gasteiger partial charge in [0.1, 0.15) is 11.1 Å². The van der Waals surface area contributed by atoms with Crippen LogP contribution in [0.15, 0.2) is 22.7 Å². The van der Waals surface area contributed by atoms with E-state index in [2.05, 4.69) is 22.4 Å². The molecule has 1 N–H and O–H groups in total. The molecule has 0 spiro atoms. The first-order valence-corrected chi connectivity index (χ1v) is 10.2. The summed E-state index contributed by atoms with van der Waals surface area (Å²) in [6.07, 6.45) is 12.5. The third-order valence-electron chi connectivity index (χ3n) is 4.88. The molecule has 25 heavy (non-hydrogen) atoms. The van der Waals surface area contributed by atoms with Crippen molar-refractivity contribution in [3.63, 3.8) is 0 Å². The zero-order valence-corrected chi connectivity index (χ0v) is 15.5. The molecule has 0 aromatic carbocycles. The van der Waals surface area contributed by atoms with Crippen LogP contribution in [0.25, 0.3) is 0 Å². The summed E-state index contributed by atoms with van der Waals surface area (Å²) in [6.45, 7) is 0.702. The van der Waals surface area contributed by atoms with Gasteiger partial charge in [-0.2, -0.15) is 5.26 Å². The third kappa shape index (κ3) is 5.09. The molecule has 2 aliphatic carbocycles. The van der Waals surface area contributed by atoms with E-state index in [-0.39, 0.29) is 5.91 Å². The lowest BCUT2D eigenvalue weighted by atomic mass is 9.95. The van der Waals surface area contributed by atoms with E-state index >= 15 is 0 Å². The molecule has 4 nitrogen and oxygen atoms in total. The van der Waals surface area contributed by atoms with Gasteiger partial charge in [0, 0.05) is 12.2 Å². The summed E-state index contributed by atoms with van der Waals surface area (Å²) in [5, 5.41) is 13.1. The number of hydrogen-bond acceptors (Lipinski definition) is 4. The summed E-state index contributed by atoms with van der Waals surface area (Å²) in [4.78, 5) is 16.7. The molecule has 1 heterocycles. The van der Waals surface area contributed by atoms with Crippen molar-refractivity contribution < 1.29 is 4.79 Å². The van der Waals surface area contributed by atoms with Crippen LogP contribution in [-0.4, -0.2) is 23.2 Å². The predicted octanol–water partition coefficient (Wildman–Crippen LogP) is 3.93. The van der Waals surface area contributed by atoms with Crippen molar-refractivity contribution in [3.05, 3.63) is 34.5 Å². The second-order valence-corrected chi connectivity index (χ2v) is 7.73. The molecule has 0 bridgehead atoms. The van der Waals surface area contributed by atoms with E-state index in [1.165, 1.54) is 55.0 Å². The minimum absolute atomic E-state index is 0.0184. The normalized spacial score (nSPS) is 16.5. The monoisotopic (exact) mass is 355 g/mol. The van der Waals surface area contributed by atoms with E-state index in [0.717, 1.165) is 31.4 Å². The molecular weight excluding hydrogens is 330 g/mol. The number of hydrogen-bond donors (Lipinski definition) is 1. The van der Waals surface area contributed by atoms with Gasteiger partial charge in [0.2, 0.25) is 5.91 Å². The van der Waals surface area contributed by atoms with Gasteiger partial charge in [0.25, 0.3) is 0 Å². The van der Waals surface area contributed by atoms with E-state index in [1.54, 1.807) is 0 Å². The minimum Gasteiger partial charge on any atom is -0.355 e. The standard InChI is InChI=1S/C20H25N3OS/c21-13-17-12-16-8-4-5-9-18(16)23-20(17)25-14-19(24)22-11-10-15-6-2-1-3-7-15/h6,12H,1-5,7-11,14H2,(H,22,24). The lowest BCUT2D eigenvalue weighted by Crippen LogP contribution is -2.26. The Bertz CT molecular complexity index is 706. The third-order valence-corrected chi connectivity index (χ3v) is 5.87. The van der Waals surface area contributed by atoms with Crippen molar-refractivity contribution in [2.75, 3.05) is 12.3 Å². The summed E-state index contributed by atoms with van der Waals surface area (Å²) in [5.41, 5.74) is 4.39. The Morgan fingerprint density at radius 2 is 2.08 bits per heavy atom. The van der Waals surface area contributed by atoms with Gasteiger partial charge in [-0.25, -0.2) is 4.98 Å².